The van der Waals surface area contributed by atoms with Crippen molar-refractivity contribution in [1.29, 1.82) is 0 Å². The second-order valence-corrected chi connectivity index (χ2v) is 4.02. The largest absolute Gasteiger partial charge is 0.444 e. The SMILES string of the molecule is O=C1CCCC(=O)N1C(=O)OCc1ccccc1. The predicted molar refractivity (Wildman–Crippen MR) is 62.3 cm³/mol. The summed E-state index contributed by atoms with van der Waals surface area (Å²) >= 11 is 0. The molecule has 0 N–H and O–H groups in total. The highest BCUT2D eigenvalue weighted by atomic mass is 16.6. The van der Waals surface area contributed by atoms with Crippen LogP contribution < -0.4 is 0 Å². The molecular formula is C13H13NO4. The number of ether oxygens (including phenoxy) is 1. The summed E-state index contributed by atoms with van der Waals surface area (Å²) in [6, 6.07) is 9.09. The lowest BCUT2D eigenvalue weighted by Gasteiger charge is -2.22. The first-order valence-corrected chi connectivity index (χ1v) is 5.75. The number of piperidine rings is 1. The van der Waals surface area contributed by atoms with Gasteiger partial charge in [0, 0.05) is 12.8 Å². The Morgan fingerprint density at radius 1 is 1.11 bits per heavy atom. The van der Waals surface area contributed by atoms with E-state index in [9.17, 15) is 14.4 Å². The Morgan fingerprint density at radius 3 is 2.33 bits per heavy atom. The van der Waals surface area contributed by atoms with Crippen molar-refractivity contribution >= 4 is 17.9 Å². The summed E-state index contributed by atoms with van der Waals surface area (Å²) in [7, 11) is 0. The fourth-order valence-electron chi connectivity index (χ4n) is 1.74. The Kier molecular flexibility index (Phi) is 3.72. The lowest BCUT2D eigenvalue weighted by molar-refractivity contribution is -0.145. The molecule has 0 radical (unpaired) electrons. The smallest absolute Gasteiger partial charge is 0.423 e. The standard InChI is InChI=1S/C13H13NO4/c15-11-7-4-8-12(16)14(11)13(17)18-9-10-5-2-1-3-6-10/h1-3,5-6H,4,7-9H2. The number of carbonyl (C=O) groups is 3. The highest BCUT2D eigenvalue weighted by Crippen LogP contribution is 2.14. The molecule has 5 heteroatoms. The number of rotatable bonds is 2. The molecule has 1 aromatic carbocycles. The molecule has 1 saturated heterocycles. The summed E-state index contributed by atoms with van der Waals surface area (Å²) in [6.07, 6.45) is 0.0481. The maximum Gasteiger partial charge on any atom is 0.423 e. The first kappa shape index (κ1) is 12.3. The van der Waals surface area contributed by atoms with E-state index in [4.69, 9.17) is 4.74 Å². The van der Waals surface area contributed by atoms with Gasteiger partial charge in [0.05, 0.1) is 0 Å². The number of nitrogens with zero attached hydrogens (tertiary/aromatic N) is 1. The van der Waals surface area contributed by atoms with Crippen molar-refractivity contribution in [3.8, 4) is 0 Å². The molecule has 0 bridgehead atoms. The quantitative estimate of drug-likeness (QED) is 0.748. The van der Waals surface area contributed by atoms with Gasteiger partial charge in [0.25, 0.3) is 0 Å². The Morgan fingerprint density at radius 2 is 1.72 bits per heavy atom. The van der Waals surface area contributed by atoms with Crippen molar-refractivity contribution in [2.24, 2.45) is 0 Å². The Labute approximate surface area is 104 Å². The molecule has 0 aliphatic carbocycles. The van der Waals surface area contributed by atoms with Gasteiger partial charge >= 0.3 is 6.09 Å². The van der Waals surface area contributed by atoms with E-state index in [1.807, 2.05) is 18.2 Å². The molecule has 1 aliphatic heterocycles. The van der Waals surface area contributed by atoms with E-state index in [1.165, 1.54) is 0 Å². The van der Waals surface area contributed by atoms with E-state index in [2.05, 4.69) is 0 Å². The number of amides is 3. The molecule has 0 unspecified atom stereocenters. The molecule has 94 valence electrons. The second kappa shape index (κ2) is 5.44. The molecule has 1 heterocycles. The lowest BCUT2D eigenvalue weighted by atomic mass is 10.1. The monoisotopic (exact) mass is 247 g/mol. The van der Waals surface area contributed by atoms with E-state index >= 15 is 0 Å². The fourth-order valence-corrected chi connectivity index (χ4v) is 1.74. The topological polar surface area (TPSA) is 63.7 Å². The van der Waals surface area contributed by atoms with E-state index in [0.717, 1.165) is 5.56 Å². The molecule has 1 aliphatic rings. The highest BCUT2D eigenvalue weighted by molar-refractivity contribution is 6.10. The van der Waals surface area contributed by atoms with Gasteiger partial charge in [0.1, 0.15) is 6.61 Å². The van der Waals surface area contributed by atoms with Crippen LogP contribution in [0.5, 0.6) is 0 Å². The third-order valence-corrected chi connectivity index (χ3v) is 2.67. The molecule has 0 spiro atoms. The third-order valence-electron chi connectivity index (χ3n) is 2.67. The summed E-state index contributed by atoms with van der Waals surface area (Å²) in [6.45, 7) is 0.0523. The summed E-state index contributed by atoms with van der Waals surface area (Å²) in [5.74, 6) is -0.964. The molecule has 0 atom stereocenters. The van der Waals surface area contributed by atoms with Crippen LogP contribution >= 0.6 is 0 Å². The molecule has 0 aromatic heterocycles. The van der Waals surface area contributed by atoms with E-state index < -0.39 is 17.9 Å². The van der Waals surface area contributed by atoms with Crippen LogP contribution in [0.1, 0.15) is 24.8 Å². The third kappa shape index (κ3) is 2.74. The number of imide groups is 3. The van der Waals surface area contributed by atoms with Crippen LogP contribution in [0.25, 0.3) is 0 Å². The van der Waals surface area contributed by atoms with Crippen LogP contribution in [0.2, 0.25) is 0 Å². The van der Waals surface area contributed by atoms with Gasteiger partial charge < -0.3 is 4.74 Å². The number of carbonyl (C=O) groups excluding carboxylic acids is 3. The average molecular weight is 247 g/mol. The van der Waals surface area contributed by atoms with Crippen molar-refractivity contribution in [3.63, 3.8) is 0 Å². The molecule has 2 rings (SSSR count). The minimum atomic E-state index is -0.881. The van der Waals surface area contributed by atoms with Crippen molar-refractivity contribution < 1.29 is 19.1 Å². The van der Waals surface area contributed by atoms with E-state index in [1.54, 1.807) is 12.1 Å². The zero-order chi connectivity index (χ0) is 13.0. The van der Waals surface area contributed by atoms with Crippen LogP contribution in [-0.4, -0.2) is 22.8 Å². The van der Waals surface area contributed by atoms with Gasteiger partial charge in [-0.05, 0) is 12.0 Å². The Balaban J connectivity index is 1.95. The van der Waals surface area contributed by atoms with Gasteiger partial charge in [0.2, 0.25) is 11.8 Å². The van der Waals surface area contributed by atoms with Gasteiger partial charge in [-0.25, -0.2) is 4.79 Å². The van der Waals surface area contributed by atoms with Crippen LogP contribution in [0, 0.1) is 0 Å². The summed E-state index contributed by atoms with van der Waals surface area (Å²) < 4.78 is 4.95. The first-order chi connectivity index (χ1) is 8.68. The fraction of sp³-hybridized carbons (Fsp3) is 0.308. The Bertz CT molecular complexity index is 453. The van der Waals surface area contributed by atoms with Crippen molar-refractivity contribution in [1.82, 2.24) is 4.90 Å². The van der Waals surface area contributed by atoms with Gasteiger partial charge in [-0.1, -0.05) is 30.3 Å². The summed E-state index contributed by atoms with van der Waals surface area (Å²) in [4.78, 5) is 35.2. The van der Waals surface area contributed by atoms with Crippen molar-refractivity contribution in [2.75, 3.05) is 0 Å². The van der Waals surface area contributed by atoms with Crippen molar-refractivity contribution in [3.05, 3.63) is 35.9 Å². The van der Waals surface area contributed by atoms with E-state index in [-0.39, 0.29) is 19.4 Å². The number of hydrogen-bond donors (Lipinski definition) is 0. The minimum Gasteiger partial charge on any atom is -0.444 e. The molecule has 5 nitrogen and oxygen atoms in total. The van der Waals surface area contributed by atoms with Crippen LogP contribution in [0.3, 0.4) is 0 Å². The number of likely N-dealkylation sites (tertiary alicyclic amines) is 1. The zero-order valence-electron chi connectivity index (χ0n) is 9.80. The van der Waals surface area contributed by atoms with Crippen LogP contribution in [0.15, 0.2) is 30.3 Å². The van der Waals surface area contributed by atoms with Crippen LogP contribution in [0.4, 0.5) is 4.79 Å². The molecular weight excluding hydrogens is 234 g/mol. The Hall–Kier alpha value is -2.17. The van der Waals surface area contributed by atoms with Crippen molar-refractivity contribution in [2.45, 2.75) is 25.9 Å². The van der Waals surface area contributed by atoms with Gasteiger partial charge in [-0.15, -0.1) is 0 Å². The molecule has 1 aromatic rings. The minimum absolute atomic E-state index is 0.0523. The predicted octanol–water partition coefficient (Wildman–Crippen LogP) is 1.86. The normalized spacial score (nSPS) is 15.7. The number of hydrogen-bond acceptors (Lipinski definition) is 4. The highest BCUT2D eigenvalue weighted by Gasteiger charge is 2.32. The summed E-state index contributed by atoms with van der Waals surface area (Å²) in [5, 5.41) is 0. The first-order valence-electron chi connectivity index (χ1n) is 5.75. The zero-order valence-corrected chi connectivity index (χ0v) is 9.80. The maximum atomic E-state index is 11.7. The molecule has 1 fully saturated rings. The lowest BCUT2D eigenvalue weighted by Crippen LogP contribution is -2.44. The van der Waals surface area contributed by atoms with Gasteiger partial charge in [-0.3, -0.25) is 9.59 Å². The van der Waals surface area contributed by atoms with Crippen LogP contribution in [-0.2, 0) is 20.9 Å². The average Bonchev–Trinajstić information content (AvgIpc) is 2.37. The molecule has 0 saturated carbocycles. The number of benzene rings is 1. The van der Waals surface area contributed by atoms with E-state index in [0.29, 0.717) is 11.3 Å². The molecule has 3 amide bonds. The van der Waals surface area contributed by atoms with Gasteiger partial charge in [-0.2, -0.15) is 4.90 Å². The van der Waals surface area contributed by atoms with Gasteiger partial charge in [0.15, 0.2) is 0 Å². The summed E-state index contributed by atoms with van der Waals surface area (Å²) in [5.41, 5.74) is 0.808. The maximum absolute atomic E-state index is 11.7. The molecule has 18 heavy (non-hydrogen) atoms. The second-order valence-electron chi connectivity index (χ2n) is 4.02.